The summed E-state index contributed by atoms with van der Waals surface area (Å²) in [6, 6.07) is 4.07. The number of ether oxygens (including phenoxy) is 1. The van der Waals surface area contributed by atoms with Gasteiger partial charge in [0.05, 0.1) is 0 Å². The molecule has 0 saturated carbocycles. The van der Waals surface area contributed by atoms with Crippen molar-refractivity contribution >= 4 is 30.8 Å². The molecule has 0 bridgehead atoms. The van der Waals surface area contributed by atoms with E-state index in [2.05, 4.69) is 32.0 Å². The third kappa shape index (κ3) is 6.34. The van der Waals surface area contributed by atoms with Crippen molar-refractivity contribution < 1.29 is 4.74 Å². The van der Waals surface area contributed by atoms with Gasteiger partial charge in [-0.05, 0) is 38.3 Å². The second-order valence-corrected chi connectivity index (χ2v) is 5.74. The van der Waals surface area contributed by atoms with Crippen LogP contribution in [-0.4, -0.2) is 49.8 Å². The molecule has 0 amide bonds. The minimum absolute atomic E-state index is 0. The van der Waals surface area contributed by atoms with Crippen molar-refractivity contribution in [1.82, 2.24) is 20.9 Å². The number of rotatable bonds is 6. The number of nitrogens with one attached hydrogen (secondary N) is 3. The van der Waals surface area contributed by atoms with Crippen LogP contribution >= 0.6 is 24.8 Å². The van der Waals surface area contributed by atoms with Gasteiger partial charge in [-0.15, -0.1) is 24.8 Å². The maximum absolute atomic E-state index is 5.92. The first kappa shape index (κ1) is 20.8. The molecule has 2 aliphatic rings. The van der Waals surface area contributed by atoms with Crippen molar-refractivity contribution in [2.24, 2.45) is 4.99 Å². The maximum atomic E-state index is 5.92. The number of aliphatic imine (C=N–C) groups is 1. The highest BCUT2D eigenvalue weighted by Gasteiger charge is 2.19. The third-order valence-corrected chi connectivity index (χ3v) is 3.96. The lowest BCUT2D eigenvalue weighted by molar-refractivity contribution is 0.162. The van der Waals surface area contributed by atoms with Crippen molar-refractivity contribution in [1.29, 1.82) is 0 Å². The molecule has 1 unspecified atom stereocenters. The Labute approximate surface area is 156 Å². The van der Waals surface area contributed by atoms with E-state index in [0.717, 1.165) is 70.2 Å². The normalized spacial score (nSPS) is 18.7. The fraction of sp³-hybridized carbons (Fsp3) is 0.625. The van der Waals surface area contributed by atoms with Crippen molar-refractivity contribution in [2.75, 3.05) is 32.7 Å². The van der Waals surface area contributed by atoms with E-state index in [-0.39, 0.29) is 30.9 Å². The van der Waals surface area contributed by atoms with Gasteiger partial charge >= 0.3 is 0 Å². The fourth-order valence-corrected chi connectivity index (χ4v) is 2.73. The van der Waals surface area contributed by atoms with Crippen molar-refractivity contribution in [2.45, 2.75) is 31.8 Å². The maximum Gasteiger partial charge on any atom is 0.216 e. The highest BCUT2D eigenvalue weighted by molar-refractivity contribution is 5.85. The summed E-state index contributed by atoms with van der Waals surface area (Å²) >= 11 is 0. The molecular weight excluding hydrogens is 349 g/mol. The van der Waals surface area contributed by atoms with E-state index in [1.807, 2.05) is 6.07 Å². The van der Waals surface area contributed by atoms with Crippen molar-refractivity contribution in [3.05, 3.63) is 23.9 Å². The average molecular weight is 376 g/mol. The monoisotopic (exact) mass is 375 g/mol. The van der Waals surface area contributed by atoms with E-state index in [1.54, 1.807) is 6.20 Å². The highest BCUT2D eigenvalue weighted by atomic mass is 35.5. The summed E-state index contributed by atoms with van der Waals surface area (Å²) in [7, 11) is 0. The van der Waals surface area contributed by atoms with Crippen LogP contribution in [0, 0.1) is 0 Å². The number of fused-ring (bicyclic) bond motifs is 1. The van der Waals surface area contributed by atoms with Gasteiger partial charge in [0.2, 0.25) is 5.88 Å². The summed E-state index contributed by atoms with van der Waals surface area (Å²) in [5.41, 5.74) is 1.23. The lowest BCUT2D eigenvalue weighted by Gasteiger charge is -2.25. The van der Waals surface area contributed by atoms with Gasteiger partial charge in [0.15, 0.2) is 5.96 Å². The Morgan fingerprint density at radius 2 is 2.21 bits per heavy atom. The molecule has 3 heterocycles. The van der Waals surface area contributed by atoms with E-state index in [4.69, 9.17) is 4.74 Å². The summed E-state index contributed by atoms with van der Waals surface area (Å²) in [5, 5.41) is 10.1. The third-order valence-electron chi connectivity index (χ3n) is 3.96. The Morgan fingerprint density at radius 1 is 1.29 bits per heavy atom. The first-order chi connectivity index (χ1) is 10.9. The van der Waals surface area contributed by atoms with Gasteiger partial charge < -0.3 is 20.7 Å². The molecule has 0 aromatic carbocycles. The standard InChI is InChI=1S/C16H25N5O.2ClH/c1-4-13-5-6-14(22-15(13)18-8-1)12-17-7-2-9-19-16-20-10-3-11-21-16;;/h1,4,8,14,17H,2-3,5-7,9-12H2,(H2,19,20,21);2*1H. The van der Waals surface area contributed by atoms with Crippen molar-refractivity contribution in [3.8, 4) is 5.88 Å². The number of aryl methyl sites for hydroxylation is 1. The quantitative estimate of drug-likeness (QED) is 0.657. The fourth-order valence-electron chi connectivity index (χ4n) is 2.73. The summed E-state index contributed by atoms with van der Waals surface area (Å²) in [6.07, 6.45) is 6.35. The smallest absolute Gasteiger partial charge is 0.216 e. The van der Waals surface area contributed by atoms with Crippen LogP contribution in [-0.2, 0) is 6.42 Å². The molecule has 1 aromatic heterocycles. The van der Waals surface area contributed by atoms with Crippen LogP contribution in [0.5, 0.6) is 5.88 Å². The molecule has 1 aromatic rings. The molecule has 0 saturated heterocycles. The number of nitrogens with zero attached hydrogens (tertiary/aromatic N) is 2. The first-order valence-corrected chi connectivity index (χ1v) is 8.25. The van der Waals surface area contributed by atoms with Gasteiger partial charge in [-0.3, -0.25) is 4.99 Å². The highest BCUT2D eigenvalue weighted by Crippen LogP contribution is 2.24. The number of hydrogen-bond donors (Lipinski definition) is 3. The number of hydrogen-bond acceptors (Lipinski definition) is 6. The molecule has 0 radical (unpaired) electrons. The Morgan fingerprint density at radius 3 is 3.04 bits per heavy atom. The van der Waals surface area contributed by atoms with Crippen LogP contribution in [0.1, 0.15) is 24.8 Å². The van der Waals surface area contributed by atoms with Crippen LogP contribution in [0.3, 0.4) is 0 Å². The Balaban J connectivity index is 0.00000144. The molecule has 24 heavy (non-hydrogen) atoms. The zero-order valence-electron chi connectivity index (χ0n) is 13.8. The minimum atomic E-state index is 0. The summed E-state index contributed by atoms with van der Waals surface area (Å²) in [5.74, 6) is 1.76. The minimum Gasteiger partial charge on any atom is -0.473 e. The molecule has 0 fully saturated rings. The van der Waals surface area contributed by atoms with E-state index in [0.29, 0.717) is 0 Å². The SMILES string of the molecule is Cl.Cl.c1cnc2c(c1)CCC(CNCCCNC1=NCCCN1)O2. The molecule has 0 spiro atoms. The van der Waals surface area contributed by atoms with E-state index in [9.17, 15) is 0 Å². The van der Waals surface area contributed by atoms with E-state index in [1.165, 1.54) is 5.56 Å². The zero-order valence-corrected chi connectivity index (χ0v) is 15.4. The number of pyridine rings is 1. The average Bonchev–Trinajstić information content (AvgIpc) is 2.59. The van der Waals surface area contributed by atoms with Crippen LogP contribution in [0.15, 0.2) is 23.3 Å². The van der Waals surface area contributed by atoms with Crippen molar-refractivity contribution in [3.63, 3.8) is 0 Å². The second kappa shape index (κ2) is 11.3. The molecule has 1 atom stereocenters. The largest absolute Gasteiger partial charge is 0.473 e. The molecule has 8 heteroatoms. The Hall–Kier alpha value is -1.24. The Kier molecular flexibility index (Phi) is 9.83. The predicted molar refractivity (Wildman–Crippen MR) is 102 cm³/mol. The molecule has 0 aliphatic carbocycles. The molecule has 3 N–H and O–H groups in total. The number of aromatic nitrogens is 1. The van der Waals surface area contributed by atoms with Crippen LogP contribution in [0.25, 0.3) is 0 Å². The predicted octanol–water partition coefficient (Wildman–Crippen LogP) is 1.54. The van der Waals surface area contributed by atoms with Crippen LogP contribution in [0.2, 0.25) is 0 Å². The molecular formula is C16H27Cl2N5O. The van der Waals surface area contributed by atoms with E-state index >= 15 is 0 Å². The van der Waals surface area contributed by atoms with Gasteiger partial charge in [-0.1, -0.05) is 6.07 Å². The molecule has 2 aliphatic heterocycles. The van der Waals surface area contributed by atoms with Gasteiger partial charge in [-0.25, -0.2) is 4.98 Å². The molecule has 3 rings (SSSR count). The summed E-state index contributed by atoms with van der Waals surface area (Å²) in [4.78, 5) is 8.69. The van der Waals surface area contributed by atoms with Gasteiger partial charge in [-0.2, -0.15) is 0 Å². The number of guanidine groups is 1. The van der Waals surface area contributed by atoms with Gasteiger partial charge in [0.25, 0.3) is 0 Å². The molecule has 6 nitrogen and oxygen atoms in total. The van der Waals surface area contributed by atoms with Gasteiger partial charge in [0, 0.05) is 37.9 Å². The second-order valence-electron chi connectivity index (χ2n) is 5.74. The Bertz CT molecular complexity index is 515. The lowest BCUT2D eigenvalue weighted by atomic mass is 10.1. The topological polar surface area (TPSA) is 70.6 Å². The summed E-state index contributed by atoms with van der Waals surface area (Å²) < 4.78 is 5.92. The van der Waals surface area contributed by atoms with E-state index < -0.39 is 0 Å². The summed E-state index contributed by atoms with van der Waals surface area (Å²) in [6.45, 7) is 4.76. The van der Waals surface area contributed by atoms with Gasteiger partial charge in [0.1, 0.15) is 6.10 Å². The zero-order chi connectivity index (χ0) is 15.0. The number of halogens is 2. The van der Waals surface area contributed by atoms with Crippen LogP contribution in [0.4, 0.5) is 0 Å². The lowest BCUT2D eigenvalue weighted by Crippen LogP contribution is -2.42. The van der Waals surface area contributed by atoms with Crippen LogP contribution < -0.4 is 20.7 Å². The molecule has 136 valence electrons. The first-order valence-electron chi connectivity index (χ1n) is 8.25.